The highest BCUT2D eigenvalue weighted by molar-refractivity contribution is 6.14. The molecule has 240 valence electrons. The lowest BCUT2D eigenvalue weighted by molar-refractivity contribution is -0.146. The number of hydrogen-bond donors (Lipinski definition) is 1. The average Bonchev–Trinajstić information content (AvgIpc) is 3.59. The van der Waals surface area contributed by atoms with Crippen molar-refractivity contribution in [2.75, 3.05) is 85.7 Å². The van der Waals surface area contributed by atoms with Gasteiger partial charge in [0.2, 0.25) is 0 Å². The number of imide groups is 3. The Morgan fingerprint density at radius 3 is 1.07 bits per heavy atom. The van der Waals surface area contributed by atoms with Crippen molar-refractivity contribution in [2.45, 2.75) is 6.42 Å². The molecular formula is C28H35N3O13. The molecule has 0 spiro atoms. The van der Waals surface area contributed by atoms with Crippen molar-refractivity contribution in [3.63, 3.8) is 0 Å². The Morgan fingerprint density at radius 1 is 0.500 bits per heavy atom. The van der Waals surface area contributed by atoms with Crippen molar-refractivity contribution in [3.05, 3.63) is 36.5 Å². The Balaban J connectivity index is 1.47. The Bertz CT molecular complexity index is 1030. The van der Waals surface area contributed by atoms with Gasteiger partial charge in [-0.25, -0.2) is 0 Å². The minimum atomic E-state index is -1.41. The Kier molecular flexibility index (Phi) is 13.5. The van der Waals surface area contributed by atoms with Crippen LogP contribution in [0.1, 0.15) is 6.42 Å². The molecule has 0 aliphatic carbocycles. The number of amides is 6. The summed E-state index contributed by atoms with van der Waals surface area (Å²) >= 11 is 0. The van der Waals surface area contributed by atoms with Crippen LogP contribution in [0.5, 0.6) is 0 Å². The number of hydrogen-bond acceptors (Lipinski definition) is 12. The lowest BCUT2D eigenvalue weighted by Gasteiger charge is -2.40. The number of carboxylic acids is 1. The zero-order valence-corrected chi connectivity index (χ0v) is 24.1. The SMILES string of the molecule is O=C(O)CCOCCOCCOCCOCCOCC(CN1C(=O)C=CC1=O)(CN1C(=O)C=CC1=O)CN1C(=O)C=CC1=O. The molecule has 0 aromatic carbocycles. The maximum absolute atomic E-state index is 12.4. The number of nitrogens with zero attached hydrogens (tertiary/aromatic N) is 3. The molecule has 3 aliphatic heterocycles. The summed E-state index contributed by atoms with van der Waals surface area (Å²) in [5, 5.41) is 8.52. The van der Waals surface area contributed by atoms with E-state index >= 15 is 0 Å². The minimum Gasteiger partial charge on any atom is -0.481 e. The number of aliphatic carboxylic acids is 1. The number of carboxylic acid groups (broad SMARTS) is 1. The summed E-state index contributed by atoms with van der Waals surface area (Å²) in [4.78, 5) is 87.6. The average molecular weight is 622 g/mol. The van der Waals surface area contributed by atoms with Gasteiger partial charge in [-0.15, -0.1) is 0 Å². The summed E-state index contributed by atoms with van der Waals surface area (Å²) < 4.78 is 27.1. The summed E-state index contributed by atoms with van der Waals surface area (Å²) in [6.07, 6.45) is 6.42. The van der Waals surface area contributed by atoms with Crippen LogP contribution in [-0.2, 0) is 57.2 Å². The van der Waals surface area contributed by atoms with E-state index in [1.54, 1.807) is 0 Å². The summed E-state index contributed by atoms with van der Waals surface area (Å²) in [5.41, 5.74) is -1.41. The van der Waals surface area contributed by atoms with Gasteiger partial charge in [-0.1, -0.05) is 0 Å². The fourth-order valence-electron chi connectivity index (χ4n) is 4.38. The van der Waals surface area contributed by atoms with E-state index in [4.69, 9.17) is 28.8 Å². The van der Waals surface area contributed by atoms with Gasteiger partial charge >= 0.3 is 5.97 Å². The van der Waals surface area contributed by atoms with Crippen molar-refractivity contribution < 1.29 is 62.4 Å². The molecule has 0 aromatic heterocycles. The van der Waals surface area contributed by atoms with Gasteiger partial charge in [-0.3, -0.25) is 48.3 Å². The number of rotatable bonds is 23. The van der Waals surface area contributed by atoms with Gasteiger partial charge in [0.15, 0.2) is 0 Å². The van der Waals surface area contributed by atoms with Crippen LogP contribution >= 0.6 is 0 Å². The number of ether oxygens (including phenoxy) is 5. The van der Waals surface area contributed by atoms with Gasteiger partial charge in [0.1, 0.15) is 0 Å². The molecule has 0 bridgehead atoms. The van der Waals surface area contributed by atoms with Gasteiger partial charge < -0.3 is 28.8 Å². The molecule has 0 saturated heterocycles. The Hall–Kier alpha value is -4.09. The van der Waals surface area contributed by atoms with E-state index in [-0.39, 0.29) is 72.3 Å². The van der Waals surface area contributed by atoms with Crippen LogP contribution in [0.3, 0.4) is 0 Å². The minimum absolute atomic E-state index is 0.0349. The van der Waals surface area contributed by atoms with E-state index in [0.29, 0.717) is 19.8 Å². The first-order valence-electron chi connectivity index (χ1n) is 13.8. The van der Waals surface area contributed by atoms with E-state index < -0.39 is 46.8 Å². The van der Waals surface area contributed by atoms with Crippen molar-refractivity contribution in [2.24, 2.45) is 5.41 Å². The highest BCUT2D eigenvalue weighted by Crippen LogP contribution is 2.28. The van der Waals surface area contributed by atoms with E-state index in [0.717, 1.165) is 51.2 Å². The van der Waals surface area contributed by atoms with Crippen LogP contribution in [-0.4, -0.2) is 147 Å². The summed E-state index contributed by atoms with van der Waals surface area (Å²) in [7, 11) is 0. The third kappa shape index (κ3) is 10.6. The first-order chi connectivity index (χ1) is 21.1. The van der Waals surface area contributed by atoms with Gasteiger partial charge in [-0.2, -0.15) is 0 Å². The molecule has 16 heteroatoms. The van der Waals surface area contributed by atoms with Crippen LogP contribution in [0, 0.1) is 5.41 Å². The standard InChI is InChI=1S/C28H35N3O13/c32-21-1-2-22(33)29(21)17-28(18-30-23(34)3-4-24(30)35,19-31-25(36)5-6-26(31)37)20-44-16-15-43-14-13-42-12-11-41-10-9-40-8-7-27(38)39/h1-6H,7-20H2,(H,38,39). The molecule has 3 heterocycles. The second kappa shape index (κ2) is 17.3. The Labute approximate surface area is 252 Å². The second-order valence-electron chi connectivity index (χ2n) is 9.93. The van der Waals surface area contributed by atoms with E-state index in [1.807, 2.05) is 0 Å². The molecule has 16 nitrogen and oxygen atoms in total. The van der Waals surface area contributed by atoms with E-state index in [9.17, 15) is 33.6 Å². The maximum atomic E-state index is 12.4. The highest BCUT2D eigenvalue weighted by Gasteiger charge is 2.45. The predicted molar refractivity (Wildman–Crippen MR) is 146 cm³/mol. The molecule has 0 aromatic rings. The largest absolute Gasteiger partial charge is 0.481 e. The zero-order valence-electron chi connectivity index (χ0n) is 24.1. The monoisotopic (exact) mass is 621 g/mol. The van der Waals surface area contributed by atoms with Crippen LogP contribution in [0.15, 0.2) is 36.5 Å². The molecular weight excluding hydrogens is 586 g/mol. The predicted octanol–water partition coefficient (Wildman–Crippen LogP) is -1.69. The smallest absolute Gasteiger partial charge is 0.305 e. The van der Waals surface area contributed by atoms with Gasteiger partial charge in [0.05, 0.1) is 72.5 Å². The van der Waals surface area contributed by atoms with Crippen molar-refractivity contribution in [1.82, 2.24) is 14.7 Å². The lowest BCUT2D eigenvalue weighted by Crippen LogP contribution is -2.57. The molecule has 0 atom stereocenters. The molecule has 0 unspecified atom stereocenters. The topological polar surface area (TPSA) is 196 Å². The fourth-order valence-corrected chi connectivity index (χ4v) is 4.38. The first kappa shape index (κ1) is 34.4. The third-order valence-electron chi connectivity index (χ3n) is 6.54. The first-order valence-corrected chi connectivity index (χ1v) is 13.8. The third-order valence-corrected chi connectivity index (χ3v) is 6.54. The number of carbonyl (C=O) groups excluding carboxylic acids is 6. The van der Waals surface area contributed by atoms with Crippen molar-refractivity contribution in [1.29, 1.82) is 0 Å². The molecule has 0 radical (unpaired) electrons. The van der Waals surface area contributed by atoms with Crippen LogP contribution in [0.2, 0.25) is 0 Å². The van der Waals surface area contributed by atoms with Gasteiger partial charge in [0.25, 0.3) is 35.4 Å². The van der Waals surface area contributed by atoms with E-state index in [1.165, 1.54) is 0 Å². The second-order valence-corrected chi connectivity index (χ2v) is 9.93. The van der Waals surface area contributed by atoms with Crippen LogP contribution < -0.4 is 0 Å². The maximum Gasteiger partial charge on any atom is 0.305 e. The summed E-state index contributed by atoms with van der Waals surface area (Å²) in [6, 6.07) is 0. The lowest BCUT2D eigenvalue weighted by atomic mass is 9.86. The quantitative estimate of drug-likeness (QED) is 0.100. The summed E-state index contributed by atoms with van der Waals surface area (Å²) in [5.74, 6) is -4.64. The van der Waals surface area contributed by atoms with Crippen LogP contribution in [0.25, 0.3) is 0 Å². The molecule has 0 saturated carbocycles. The normalized spacial score (nSPS) is 16.6. The van der Waals surface area contributed by atoms with E-state index in [2.05, 4.69) is 0 Å². The molecule has 3 aliphatic rings. The van der Waals surface area contributed by atoms with Crippen molar-refractivity contribution in [3.8, 4) is 0 Å². The molecule has 44 heavy (non-hydrogen) atoms. The molecule has 3 rings (SSSR count). The van der Waals surface area contributed by atoms with Crippen molar-refractivity contribution >= 4 is 41.4 Å². The van der Waals surface area contributed by atoms with Gasteiger partial charge in [0, 0.05) is 61.5 Å². The fraction of sp³-hybridized carbons (Fsp3) is 0.536. The van der Waals surface area contributed by atoms with Crippen LogP contribution in [0.4, 0.5) is 0 Å². The Morgan fingerprint density at radius 2 is 0.773 bits per heavy atom. The molecule has 1 N–H and O–H groups in total. The zero-order chi connectivity index (χ0) is 32.0. The molecule has 6 amide bonds. The van der Waals surface area contributed by atoms with Gasteiger partial charge in [-0.05, 0) is 0 Å². The number of carbonyl (C=O) groups is 7. The summed E-state index contributed by atoms with van der Waals surface area (Å²) in [6.45, 7) is 0.757. The highest BCUT2D eigenvalue weighted by atomic mass is 16.6. The molecule has 0 fully saturated rings.